The number of ether oxygens (including phenoxy) is 1. The summed E-state index contributed by atoms with van der Waals surface area (Å²) in [4.78, 5) is 0. The molecule has 2 aliphatic carbocycles. The van der Waals surface area contributed by atoms with Gasteiger partial charge < -0.3 is 4.74 Å². The zero-order chi connectivity index (χ0) is 24.5. The van der Waals surface area contributed by atoms with E-state index in [4.69, 9.17) is 0 Å². The summed E-state index contributed by atoms with van der Waals surface area (Å²) in [6.07, 6.45) is 6.38. The number of rotatable bonds is 7. The molecule has 2 aromatic rings. The summed E-state index contributed by atoms with van der Waals surface area (Å²) in [5, 5.41) is 0. The molecule has 2 fully saturated rings. The first-order valence-corrected chi connectivity index (χ1v) is 11.8. The molecule has 8 heteroatoms. The highest BCUT2D eigenvalue weighted by molar-refractivity contribution is 5.33. The Morgan fingerprint density at radius 1 is 0.676 bits per heavy atom. The third-order valence-corrected chi connectivity index (χ3v) is 7.33. The van der Waals surface area contributed by atoms with Crippen molar-refractivity contribution >= 4 is 0 Å². The molecule has 2 saturated carbocycles. The Morgan fingerprint density at radius 3 is 1.71 bits per heavy atom. The lowest BCUT2D eigenvalue weighted by Gasteiger charge is -2.30. The summed E-state index contributed by atoms with van der Waals surface area (Å²) in [6, 6.07) is 2.12. The zero-order valence-corrected chi connectivity index (χ0v) is 18.7. The molecule has 2 aliphatic rings. The van der Waals surface area contributed by atoms with E-state index in [0.29, 0.717) is 11.5 Å². The lowest BCUT2D eigenvalue weighted by molar-refractivity contribution is -0.189. The first-order chi connectivity index (χ1) is 16.1. The van der Waals surface area contributed by atoms with Crippen LogP contribution in [0.3, 0.4) is 0 Å². The Kier molecular flexibility index (Phi) is 7.43. The summed E-state index contributed by atoms with van der Waals surface area (Å²) in [5.41, 5.74) is -1.35. The van der Waals surface area contributed by atoms with Crippen LogP contribution < -0.4 is 4.74 Å². The van der Waals surface area contributed by atoms with Crippen LogP contribution in [0.15, 0.2) is 24.3 Å². The van der Waals surface area contributed by atoms with E-state index in [0.717, 1.165) is 50.2 Å². The minimum atomic E-state index is -4.57. The average molecular weight is 488 g/mol. The Labute approximate surface area is 194 Å². The van der Waals surface area contributed by atoms with Crippen LogP contribution in [-0.2, 0) is 6.11 Å². The fourth-order valence-corrected chi connectivity index (χ4v) is 5.45. The predicted molar refractivity (Wildman–Crippen MR) is 113 cm³/mol. The second-order valence-corrected chi connectivity index (χ2v) is 9.62. The van der Waals surface area contributed by atoms with E-state index < -0.39 is 46.5 Å². The number of alkyl halides is 2. The highest BCUT2D eigenvalue weighted by atomic mass is 19.3. The topological polar surface area (TPSA) is 9.23 Å². The van der Waals surface area contributed by atoms with Crippen molar-refractivity contribution in [1.82, 2.24) is 0 Å². The van der Waals surface area contributed by atoms with E-state index in [2.05, 4.69) is 4.74 Å². The molecule has 0 aromatic heterocycles. The van der Waals surface area contributed by atoms with Gasteiger partial charge in [-0.3, -0.25) is 0 Å². The van der Waals surface area contributed by atoms with Crippen LogP contribution in [0.2, 0.25) is 0 Å². The molecule has 186 valence electrons. The Hall–Kier alpha value is -2.25. The van der Waals surface area contributed by atoms with E-state index in [-0.39, 0.29) is 18.1 Å². The molecule has 0 unspecified atom stereocenters. The molecule has 0 aliphatic heterocycles. The zero-order valence-electron chi connectivity index (χ0n) is 18.7. The number of hydrogen-bond acceptors (Lipinski definition) is 1. The van der Waals surface area contributed by atoms with E-state index in [1.807, 2.05) is 0 Å². The standard InChI is InChI=1S/C26H27F7O/c27-20-11-18(17-9-7-16(8-10-17)6-5-15-3-1-2-4-15)12-21(28)24(20)26(32,33)34-19-13-22(29)25(31)23(30)14-19/h11-17H,1-10H2. The molecule has 0 heterocycles. The highest BCUT2D eigenvalue weighted by Crippen LogP contribution is 2.42. The summed E-state index contributed by atoms with van der Waals surface area (Å²) in [6.45, 7) is 0. The molecule has 34 heavy (non-hydrogen) atoms. The Bertz CT molecular complexity index is 962. The predicted octanol–water partition coefficient (Wildman–Crippen LogP) is 8.75. The maximum absolute atomic E-state index is 14.6. The quantitative estimate of drug-likeness (QED) is 0.280. The third-order valence-electron chi connectivity index (χ3n) is 7.33. The fourth-order valence-electron chi connectivity index (χ4n) is 5.45. The van der Waals surface area contributed by atoms with Crippen molar-refractivity contribution in [2.45, 2.75) is 76.2 Å². The van der Waals surface area contributed by atoms with Gasteiger partial charge in [-0.2, -0.15) is 8.78 Å². The Balaban J connectivity index is 1.42. The maximum Gasteiger partial charge on any atom is 0.432 e. The molecule has 4 rings (SSSR count). The molecule has 1 nitrogen and oxygen atoms in total. The van der Waals surface area contributed by atoms with Gasteiger partial charge in [-0.05, 0) is 61.1 Å². The van der Waals surface area contributed by atoms with Crippen molar-refractivity contribution in [3.63, 3.8) is 0 Å². The minimum absolute atomic E-state index is 0.129. The SMILES string of the molecule is Fc1cc(OC(F)(F)c2c(F)cc(C3CCC(CCC4CCCC4)CC3)cc2F)cc(F)c1F. The van der Waals surface area contributed by atoms with Crippen LogP contribution in [0.25, 0.3) is 0 Å². The third kappa shape index (κ3) is 5.52. The van der Waals surface area contributed by atoms with Crippen LogP contribution >= 0.6 is 0 Å². The summed E-state index contributed by atoms with van der Waals surface area (Å²) in [5.74, 6) is -8.23. The monoisotopic (exact) mass is 488 g/mol. The minimum Gasteiger partial charge on any atom is -0.429 e. The summed E-state index contributed by atoms with van der Waals surface area (Å²) < 4.78 is 102. The first kappa shape index (κ1) is 24.9. The van der Waals surface area contributed by atoms with Crippen molar-refractivity contribution in [3.8, 4) is 5.75 Å². The molecule has 0 spiro atoms. The van der Waals surface area contributed by atoms with Gasteiger partial charge in [0.05, 0.1) is 0 Å². The van der Waals surface area contributed by atoms with Gasteiger partial charge in [0.25, 0.3) is 0 Å². The lowest BCUT2D eigenvalue weighted by atomic mass is 9.76. The van der Waals surface area contributed by atoms with Crippen molar-refractivity contribution in [3.05, 3.63) is 64.5 Å². The fraction of sp³-hybridized carbons (Fsp3) is 0.538. The molecular weight excluding hydrogens is 461 g/mol. The molecule has 2 aromatic carbocycles. The summed E-state index contributed by atoms with van der Waals surface area (Å²) >= 11 is 0. The maximum atomic E-state index is 14.6. The van der Waals surface area contributed by atoms with Gasteiger partial charge in [-0.1, -0.05) is 38.5 Å². The van der Waals surface area contributed by atoms with Crippen LogP contribution in [0.5, 0.6) is 5.75 Å². The molecule has 0 atom stereocenters. The van der Waals surface area contributed by atoms with E-state index in [1.165, 1.54) is 32.1 Å². The number of benzene rings is 2. The van der Waals surface area contributed by atoms with E-state index in [9.17, 15) is 30.7 Å². The van der Waals surface area contributed by atoms with Gasteiger partial charge in [0.1, 0.15) is 22.9 Å². The molecule has 0 bridgehead atoms. The van der Waals surface area contributed by atoms with Gasteiger partial charge in [0, 0.05) is 12.1 Å². The average Bonchev–Trinajstić information content (AvgIpc) is 3.29. The van der Waals surface area contributed by atoms with E-state index in [1.54, 1.807) is 0 Å². The second kappa shape index (κ2) is 10.2. The van der Waals surface area contributed by atoms with Crippen LogP contribution in [0, 0.1) is 40.9 Å². The van der Waals surface area contributed by atoms with E-state index >= 15 is 0 Å². The van der Waals surface area contributed by atoms with Gasteiger partial charge >= 0.3 is 6.11 Å². The van der Waals surface area contributed by atoms with Gasteiger partial charge in [0.2, 0.25) is 0 Å². The normalized spacial score (nSPS) is 21.7. The molecular formula is C26H27F7O. The van der Waals surface area contributed by atoms with Crippen LogP contribution in [-0.4, -0.2) is 0 Å². The smallest absolute Gasteiger partial charge is 0.429 e. The van der Waals surface area contributed by atoms with Crippen LogP contribution in [0.4, 0.5) is 30.7 Å². The van der Waals surface area contributed by atoms with Gasteiger partial charge in [-0.15, -0.1) is 0 Å². The lowest BCUT2D eigenvalue weighted by Crippen LogP contribution is -2.26. The largest absolute Gasteiger partial charge is 0.432 e. The van der Waals surface area contributed by atoms with Gasteiger partial charge in [-0.25, -0.2) is 22.0 Å². The summed E-state index contributed by atoms with van der Waals surface area (Å²) in [7, 11) is 0. The second-order valence-electron chi connectivity index (χ2n) is 9.62. The number of hydrogen-bond donors (Lipinski definition) is 0. The molecule has 0 radical (unpaired) electrons. The van der Waals surface area contributed by atoms with Crippen LogP contribution in [0.1, 0.15) is 81.3 Å². The molecule has 0 amide bonds. The van der Waals surface area contributed by atoms with Crippen molar-refractivity contribution in [2.75, 3.05) is 0 Å². The van der Waals surface area contributed by atoms with Crippen molar-refractivity contribution in [2.24, 2.45) is 11.8 Å². The highest BCUT2D eigenvalue weighted by Gasteiger charge is 2.42. The molecule has 0 saturated heterocycles. The van der Waals surface area contributed by atoms with Gasteiger partial charge in [0.15, 0.2) is 17.5 Å². The molecule has 0 N–H and O–H groups in total. The Morgan fingerprint density at radius 2 is 1.18 bits per heavy atom. The first-order valence-electron chi connectivity index (χ1n) is 11.8. The van der Waals surface area contributed by atoms with Crippen molar-refractivity contribution in [1.29, 1.82) is 0 Å². The number of halogens is 7. The van der Waals surface area contributed by atoms with Crippen molar-refractivity contribution < 1.29 is 35.5 Å².